The predicted molar refractivity (Wildman–Crippen MR) is 75.1 cm³/mol. The van der Waals surface area contributed by atoms with Gasteiger partial charge in [-0.05, 0) is 42.9 Å². The molecule has 1 unspecified atom stereocenters. The molecule has 0 saturated heterocycles. The number of carbonyl (C=O) groups is 1. The molecule has 3 heteroatoms. The highest BCUT2D eigenvalue weighted by Crippen LogP contribution is 2.43. The Balaban J connectivity index is 2.45. The summed E-state index contributed by atoms with van der Waals surface area (Å²) in [5.74, 6) is 0.939. The zero-order valence-electron chi connectivity index (χ0n) is 11.7. The Kier molecular flexibility index (Phi) is 4.25. The molecule has 0 bridgehead atoms. The maximum absolute atomic E-state index is 11.7. The maximum atomic E-state index is 11.7. The van der Waals surface area contributed by atoms with Crippen molar-refractivity contribution in [2.45, 2.75) is 26.7 Å². The number of rotatable bonds is 4. The number of fused-ring (bicyclic) bond motifs is 1. The standard InChI is InChI=1S/C16H20O3/c1-4-11-9-12-7-6-8-14(18-3)16(12)13(11)10-15(17)19-5-2/h6-8,10-11H,4-5,9H2,1-3H3/b13-10+. The van der Waals surface area contributed by atoms with Crippen molar-refractivity contribution in [2.24, 2.45) is 5.92 Å². The number of allylic oxidation sites excluding steroid dienone is 1. The lowest BCUT2D eigenvalue weighted by molar-refractivity contribution is -0.137. The van der Waals surface area contributed by atoms with Crippen molar-refractivity contribution in [3.8, 4) is 5.75 Å². The fraction of sp³-hybridized carbons (Fsp3) is 0.438. The van der Waals surface area contributed by atoms with Crippen molar-refractivity contribution in [2.75, 3.05) is 13.7 Å². The van der Waals surface area contributed by atoms with Gasteiger partial charge >= 0.3 is 5.97 Å². The summed E-state index contributed by atoms with van der Waals surface area (Å²) in [6.45, 7) is 4.36. The number of methoxy groups -OCH3 is 1. The quantitative estimate of drug-likeness (QED) is 0.616. The van der Waals surface area contributed by atoms with Gasteiger partial charge in [-0.25, -0.2) is 4.79 Å². The van der Waals surface area contributed by atoms with Gasteiger partial charge in [-0.1, -0.05) is 19.1 Å². The first kappa shape index (κ1) is 13.7. The maximum Gasteiger partial charge on any atom is 0.331 e. The second-order valence-electron chi connectivity index (χ2n) is 4.66. The molecule has 0 fully saturated rings. The molecule has 2 rings (SSSR count). The van der Waals surface area contributed by atoms with Crippen LogP contribution in [-0.2, 0) is 16.0 Å². The number of benzene rings is 1. The van der Waals surface area contributed by atoms with E-state index in [4.69, 9.17) is 9.47 Å². The van der Waals surface area contributed by atoms with Crippen LogP contribution in [0.5, 0.6) is 5.75 Å². The third kappa shape index (κ3) is 2.65. The zero-order chi connectivity index (χ0) is 13.8. The summed E-state index contributed by atoms with van der Waals surface area (Å²) in [6.07, 6.45) is 3.60. The summed E-state index contributed by atoms with van der Waals surface area (Å²) in [5, 5.41) is 0. The predicted octanol–water partition coefficient (Wildman–Crippen LogP) is 3.22. The van der Waals surface area contributed by atoms with E-state index in [-0.39, 0.29) is 5.97 Å². The number of carbonyl (C=O) groups excluding carboxylic acids is 1. The highest BCUT2D eigenvalue weighted by atomic mass is 16.5. The average molecular weight is 260 g/mol. The van der Waals surface area contributed by atoms with Crippen molar-refractivity contribution in [3.63, 3.8) is 0 Å². The van der Waals surface area contributed by atoms with Gasteiger partial charge in [0.2, 0.25) is 0 Å². The van der Waals surface area contributed by atoms with E-state index in [1.807, 2.05) is 19.1 Å². The SMILES string of the molecule is CCOC(=O)/C=C1/c2c(cccc2OC)CC1CC. The lowest BCUT2D eigenvalue weighted by Crippen LogP contribution is -2.04. The molecule has 0 saturated carbocycles. The summed E-state index contributed by atoms with van der Waals surface area (Å²) < 4.78 is 10.5. The summed E-state index contributed by atoms with van der Waals surface area (Å²) in [7, 11) is 1.66. The van der Waals surface area contributed by atoms with Crippen LogP contribution in [0.2, 0.25) is 0 Å². The molecular weight excluding hydrogens is 240 g/mol. The lowest BCUT2D eigenvalue weighted by atomic mass is 9.96. The molecule has 0 aliphatic heterocycles. The second-order valence-corrected chi connectivity index (χ2v) is 4.66. The Labute approximate surface area is 114 Å². The van der Waals surface area contributed by atoms with Gasteiger partial charge in [-0.3, -0.25) is 0 Å². The van der Waals surface area contributed by atoms with Gasteiger partial charge in [0.1, 0.15) is 5.75 Å². The Morgan fingerprint density at radius 3 is 2.84 bits per heavy atom. The monoisotopic (exact) mass is 260 g/mol. The third-order valence-electron chi connectivity index (χ3n) is 3.58. The molecule has 0 amide bonds. The lowest BCUT2D eigenvalue weighted by Gasteiger charge is -2.11. The van der Waals surface area contributed by atoms with Crippen LogP contribution in [0.1, 0.15) is 31.4 Å². The van der Waals surface area contributed by atoms with Crippen molar-refractivity contribution in [1.29, 1.82) is 0 Å². The number of hydrogen-bond donors (Lipinski definition) is 0. The first-order valence-corrected chi connectivity index (χ1v) is 6.75. The molecule has 1 aromatic carbocycles. The summed E-state index contributed by atoms with van der Waals surface area (Å²) in [5.41, 5.74) is 3.38. The van der Waals surface area contributed by atoms with Gasteiger partial charge in [0.05, 0.1) is 13.7 Å². The first-order chi connectivity index (χ1) is 9.21. The summed E-state index contributed by atoms with van der Waals surface area (Å²) >= 11 is 0. The van der Waals surface area contributed by atoms with Crippen LogP contribution in [0.15, 0.2) is 24.3 Å². The van der Waals surface area contributed by atoms with Gasteiger partial charge in [0, 0.05) is 11.6 Å². The molecule has 0 aromatic heterocycles. The Bertz CT molecular complexity index is 503. The van der Waals surface area contributed by atoms with Crippen molar-refractivity contribution in [3.05, 3.63) is 35.4 Å². The van der Waals surface area contributed by atoms with E-state index >= 15 is 0 Å². The number of esters is 1. The molecule has 0 heterocycles. The van der Waals surface area contributed by atoms with E-state index in [1.54, 1.807) is 13.2 Å². The molecule has 1 aliphatic rings. The third-order valence-corrected chi connectivity index (χ3v) is 3.58. The molecule has 0 spiro atoms. The van der Waals surface area contributed by atoms with Gasteiger partial charge in [-0.15, -0.1) is 0 Å². The highest BCUT2D eigenvalue weighted by Gasteiger charge is 2.29. The van der Waals surface area contributed by atoms with Crippen LogP contribution in [0.3, 0.4) is 0 Å². The molecule has 0 radical (unpaired) electrons. The molecule has 19 heavy (non-hydrogen) atoms. The van der Waals surface area contributed by atoms with E-state index in [1.165, 1.54) is 5.56 Å². The van der Waals surface area contributed by atoms with Crippen molar-refractivity contribution < 1.29 is 14.3 Å². The summed E-state index contributed by atoms with van der Waals surface area (Å²) in [6, 6.07) is 6.04. The normalized spacial score (nSPS) is 19.3. The molecular formula is C16H20O3. The zero-order valence-corrected chi connectivity index (χ0v) is 11.7. The minimum Gasteiger partial charge on any atom is -0.496 e. The van der Waals surface area contributed by atoms with Crippen molar-refractivity contribution >= 4 is 11.5 Å². The van der Waals surface area contributed by atoms with Crippen LogP contribution in [-0.4, -0.2) is 19.7 Å². The molecule has 1 aromatic rings. The largest absolute Gasteiger partial charge is 0.496 e. The van der Waals surface area contributed by atoms with E-state index < -0.39 is 0 Å². The number of hydrogen-bond acceptors (Lipinski definition) is 3. The number of ether oxygens (including phenoxy) is 2. The molecule has 3 nitrogen and oxygen atoms in total. The van der Waals surface area contributed by atoms with Crippen LogP contribution in [0.4, 0.5) is 0 Å². The summed E-state index contributed by atoms with van der Waals surface area (Å²) in [4.78, 5) is 11.7. The fourth-order valence-corrected chi connectivity index (χ4v) is 2.69. The van der Waals surface area contributed by atoms with E-state index in [9.17, 15) is 4.79 Å². The smallest absolute Gasteiger partial charge is 0.331 e. The Morgan fingerprint density at radius 2 is 2.21 bits per heavy atom. The average Bonchev–Trinajstić information content (AvgIpc) is 2.77. The van der Waals surface area contributed by atoms with Crippen molar-refractivity contribution in [1.82, 2.24) is 0 Å². The van der Waals surface area contributed by atoms with E-state index in [2.05, 4.69) is 13.0 Å². The highest BCUT2D eigenvalue weighted by molar-refractivity contribution is 5.94. The topological polar surface area (TPSA) is 35.5 Å². The van der Waals surface area contributed by atoms with Gasteiger partial charge in [0.25, 0.3) is 0 Å². The van der Waals surface area contributed by atoms with Gasteiger partial charge in [-0.2, -0.15) is 0 Å². The van der Waals surface area contributed by atoms with E-state index in [0.717, 1.165) is 29.7 Å². The van der Waals surface area contributed by atoms with E-state index in [0.29, 0.717) is 12.5 Å². The van der Waals surface area contributed by atoms with Gasteiger partial charge in [0.15, 0.2) is 0 Å². The molecule has 0 N–H and O–H groups in total. The van der Waals surface area contributed by atoms with Crippen LogP contribution < -0.4 is 4.74 Å². The first-order valence-electron chi connectivity index (χ1n) is 6.75. The van der Waals surface area contributed by atoms with Crippen LogP contribution >= 0.6 is 0 Å². The minimum absolute atomic E-state index is 0.269. The molecule has 102 valence electrons. The molecule has 1 aliphatic carbocycles. The van der Waals surface area contributed by atoms with Crippen LogP contribution in [0.25, 0.3) is 5.57 Å². The van der Waals surface area contributed by atoms with Gasteiger partial charge < -0.3 is 9.47 Å². The minimum atomic E-state index is -0.269. The van der Waals surface area contributed by atoms with Crippen LogP contribution in [0, 0.1) is 5.92 Å². The Hall–Kier alpha value is -1.77. The fourth-order valence-electron chi connectivity index (χ4n) is 2.69. The molecule has 1 atom stereocenters. The second kappa shape index (κ2) is 5.91. The Morgan fingerprint density at radius 1 is 1.42 bits per heavy atom.